The van der Waals surface area contributed by atoms with Crippen LogP contribution < -0.4 is 9.75 Å². The fraction of sp³-hybridized carbons (Fsp3) is 0.500. The Balaban J connectivity index is 2.38. The number of benzene rings is 2. The predicted octanol–water partition coefficient (Wildman–Crippen LogP) is 7.56. The van der Waals surface area contributed by atoms with Crippen molar-refractivity contribution in [3.8, 4) is 11.3 Å². The lowest BCUT2D eigenvalue weighted by molar-refractivity contribution is -0.659. The van der Waals surface area contributed by atoms with E-state index >= 15 is 0 Å². The van der Waals surface area contributed by atoms with Gasteiger partial charge in [0.1, 0.15) is 7.05 Å². The van der Waals surface area contributed by atoms with E-state index in [1.165, 1.54) is 38.7 Å². The van der Waals surface area contributed by atoms with Crippen LogP contribution in [0.15, 0.2) is 42.6 Å². The number of hydrogen-bond donors (Lipinski definition) is 0. The van der Waals surface area contributed by atoms with Gasteiger partial charge in [-0.25, -0.2) is 4.57 Å². The molecular formula is C30H44NSi+. The van der Waals surface area contributed by atoms with Gasteiger partial charge in [0, 0.05) is 6.07 Å². The van der Waals surface area contributed by atoms with Gasteiger partial charge < -0.3 is 0 Å². The highest BCUT2D eigenvalue weighted by molar-refractivity contribution is 6.91. The van der Waals surface area contributed by atoms with E-state index in [1.54, 1.807) is 5.19 Å². The van der Waals surface area contributed by atoms with Gasteiger partial charge in [0.2, 0.25) is 5.69 Å². The third kappa shape index (κ3) is 4.44. The smallest absolute Gasteiger partial charge is 0.200 e. The van der Waals surface area contributed by atoms with Gasteiger partial charge in [-0.3, -0.25) is 0 Å². The summed E-state index contributed by atoms with van der Waals surface area (Å²) >= 11 is 0. The van der Waals surface area contributed by atoms with Crippen LogP contribution in [-0.4, -0.2) is 8.07 Å². The van der Waals surface area contributed by atoms with Gasteiger partial charge in [-0.2, -0.15) is 0 Å². The molecule has 1 aromatic heterocycles. The topological polar surface area (TPSA) is 3.88 Å². The van der Waals surface area contributed by atoms with Crippen molar-refractivity contribution >= 4 is 24.0 Å². The Labute approximate surface area is 197 Å². The lowest BCUT2D eigenvalue weighted by Crippen LogP contribution is -2.44. The second-order valence-electron chi connectivity index (χ2n) is 12.7. The minimum absolute atomic E-state index is 0.101. The third-order valence-corrected chi connectivity index (χ3v) is 12.3. The summed E-state index contributed by atoms with van der Waals surface area (Å²) in [5.41, 5.74) is 7.87. The second-order valence-corrected chi connectivity index (χ2v) is 17.8. The van der Waals surface area contributed by atoms with Crippen molar-refractivity contribution < 1.29 is 4.57 Å². The predicted molar refractivity (Wildman–Crippen MR) is 145 cm³/mol. The number of aromatic nitrogens is 1. The third-order valence-electron chi connectivity index (χ3n) is 7.66. The van der Waals surface area contributed by atoms with Crippen molar-refractivity contribution in [2.75, 3.05) is 0 Å². The molecule has 2 heteroatoms. The molecule has 0 amide bonds. The molecule has 0 bridgehead atoms. The first-order chi connectivity index (χ1) is 14.5. The summed E-state index contributed by atoms with van der Waals surface area (Å²) in [6.07, 6.45) is 2.24. The van der Waals surface area contributed by atoms with E-state index in [0.717, 1.165) is 5.54 Å². The standard InChI is InChI=1S/C30H44NSi/c1-20(2)32(11,12)24-13-14-25-22(17-24)15-16-31(10)28(25)26-18-23(29(4,5)6)19-27(21(26)3)30(7,8)9/h13-20H,1-12H3/q+1. The van der Waals surface area contributed by atoms with Crippen molar-refractivity contribution in [1.29, 1.82) is 0 Å². The maximum Gasteiger partial charge on any atom is 0.220 e. The fourth-order valence-electron chi connectivity index (χ4n) is 4.61. The number of rotatable bonds is 3. The zero-order valence-corrected chi connectivity index (χ0v) is 23.6. The Morgan fingerprint density at radius 2 is 1.47 bits per heavy atom. The Morgan fingerprint density at radius 3 is 2.00 bits per heavy atom. The molecule has 0 unspecified atom stereocenters. The van der Waals surface area contributed by atoms with E-state index in [-0.39, 0.29) is 10.8 Å². The van der Waals surface area contributed by atoms with Crippen LogP contribution in [0.25, 0.3) is 22.0 Å². The van der Waals surface area contributed by atoms with Gasteiger partial charge in [0.25, 0.3) is 0 Å². The molecule has 0 aliphatic heterocycles. The maximum absolute atomic E-state index is 2.50. The number of fused-ring (bicyclic) bond motifs is 1. The Bertz CT molecular complexity index is 1150. The van der Waals surface area contributed by atoms with E-state index in [0.29, 0.717) is 0 Å². The summed E-state index contributed by atoms with van der Waals surface area (Å²) in [5.74, 6) is 0. The van der Waals surface area contributed by atoms with Crippen molar-refractivity contribution in [1.82, 2.24) is 0 Å². The SMILES string of the molecule is Cc1c(-c2c3ccc([Si](C)(C)C(C)C)cc3cc[n+]2C)cc(C(C)(C)C)cc1C(C)(C)C. The number of aryl methyl sites for hydroxylation is 1. The van der Waals surface area contributed by atoms with Gasteiger partial charge in [-0.15, -0.1) is 0 Å². The molecule has 3 aromatic rings. The van der Waals surface area contributed by atoms with Crippen LogP contribution in [0.3, 0.4) is 0 Å². The van der Waals surface area contributed by atoms with E-state index in [2.05, 4.69) is 130 Å². The largest absolute Gasteiger partial charge is 0.220 e. The lowest BCUT2D eigenvalue weighted by atomic mass is 9.76. The molecule has 3 rings (SSSR count). The molecule has 172 valence electrons. The zero-order chi connectivity index (χ0) is 24.2. The maximum atomic E-state index is 2.50. The van der Waals surface area contributed by atoms with Crippen LogP contribution in [0, 0.1) is 6.92 Å². The molecule has 0 saturated heterocycles. The van der Waals surface area contributed by atoms with Crippen LogP contribution in [0.5, 0.6) is 0 Å². The second kappa shape index (κ2) is 8.13. The average Bonchev–Trinajstić information content (AvgIpc) is 2.66. The summed E-state index contributed by atoms with van der Waals surface area (Å²) < 4.78 is 2.31. The minimum Gasteiger partial charge on any atom is -0.200 e. The molecule has 0 saturated carbocycles. The molecule has 1 nitrogen and oxygen atoms in total. The molecule has 32 heavy (non-hydrogen) atoms. The van der Waals surface area contributed by atoms with E-state index in [9.17, 15) is 0 Å². The summed E-state index contributed by atoms with van der Waals surface area (Å²) in [5, 5.41) is 4.26. The normalized spacial score (nSPS) is 13.3. The molecule has 0 aliphatic rings. The van der Waals surface area contributed by atoms with Gasteiger partial charge in [-0.1, -0.05) is 91.9 Å². The number of pyridine rings is 1. The van der Waals surface area contributed by atoms with Gasteiger partial charge >= 0.3 is 0 Å². The zero-order valence-electron chi connectivity index (χ0n) is 22.6. The quantitative estimate of drug-likeness (QED) is 0.289. The van der Waals surface area contributed by atoms with Gasteiger partial charge in [0.15, 0.2) is 6.20 Å². The minimum atomic E-state index is -1.47. The highest BCUT2D eigenvalue weighted by Crippen LogP contribution is 2.38. The molecule has 0 spiro atoms. The first-order valence-electron chi connectivity index (χ1n) is 12.1. The van der Waals surface area contributed by atoms with E-state index in [1.807, 2.05) is 0 Å². The summed E-state index contributed by atoms with van der Waals surface area (Å²) in [7, 11) is 0.720. The number of nitrogens with zero attached hydrogens (tertiary/aromatic N) is 1. The molecule has 0 atom stereocenters. The number of hydrogen-bond acceptors (Lipinski definition) is 0. The van der Waals surface area contributed by atoms with Crippen molar-refractivity contribution in [2.24, 2.45) is 7.05 Å². The first kappa shape index (κ1) is 24.7. The molecule has 0 fully saturated rings. The van der Waals surface area contributed by atoms with E-state index in [4.69, 9.17) is 0 Å². The summed E-state index contributed by atoms with van der Waals surface area (Å²) in [6, 6.07) is 14.4. The molecule has 2 aromatic carbocycles. The van der Waals surface area contributed by atoms with Crippen LogP contribution in [0.2, 0.25) is 18.6 Å². The van der Waals surface area contributed by atoms with Crippen molar-refractivity contribution in [3.63, 3.8) is 0 Å². The molecule has 0 aliphatic carbocycles. The summed E-state index contributed by atoms with van der Waals surface area (Å²) in [6.45, 7) is 26.0. The van der Waals surface area contributed by atoms with Crippen LogP contribution >= 0.6 is 0 Å². The highest BCUT2D eigenvalue weighted by Gasteiger charge is 2.30. The Morgan fingerprint density at radius 1 is 0.844 bits per heavy atom. The summed E-state index contributed by atoms with van der Waals surface area (Å²) in [4.78, 5) is 0. The first-order valence-corrected chi connectivity index (χ1v) is 15.2. The monoisotopic (exact) mass is 446 g/mol. The van der Waals surface area contributed by atoms with E-state index < -0.39 is 8.07 Å². The molecule has 0 N–H and O–H groups in total. The van der Waals surface area contributed by atoms with Crippen molar-refractivity contribution in [2.45, 2.75) is 91.8 Å². The Hall–Kier alpha value is -1.93. The van der Waals surface area contributed by atoms with Crippen LogP contribution in [0.1, 0.15) is 72.1 Å². The molecule has 1 heterocycles. The lowest BCUT2D eigenvalue weighted by Gasteiger charge is -2.29. The van der Waals surface area contributed by atoms with Crippen molar-refractivity contribution in [3.05, 3.63) is 59.3 Å². The van der Waals surface area contributed by atoms with Crippen LogP contribution in [0.4, 0.5) is 0 Å². The fourth-order valence-corrected chi connectivity index (χ4v) is 6.32. The van der Waals surface area contributed by atoms with Crippen LogP contribution in [-0.2, 0) is 17.9 Å². The Kier molecular flexibility index (Phi) is 6.28. The molecular weight excluding hydrogens is 402 g/mol. The van der Waals surface area contributed by atoms with Gasteiger partial charge in [-0.05, 0) is 57.5 Å². The van der Waals surface area contributed by atoms with Gasteiger partial charge in [0.05, 0.1) is 19.0 Å². The average molecular weight is 447 g/mol. The molecule has 0 radical (unpaired) electrons. The highest BCUT2D eigenvalue weighted by atomic mass is 28.3.